The van der Waals surface area contributed by atoms with Crippen LogP contribution in [0.15, 0.2) is 0 Å². The van der Waals surface area contributed by atoms with Crippen LogP contribution in [0.2, 0.25) is 0 Å². The van der Waals surface area contributed by atoms with E-state index in [1.807, 2.05) is 13.8 Å². The number of rotatable bonds is 3. The van der Waals surface area contributed by atoms with Crippen LogP contribution in [0, 0.1) is 5.92 Å². The Morgan fingerprint density at radius 1 is 1.53 bits per heavy atom. The van der Waals surface area contributed by atoms with Gasteiger partial charge in [-0.25, -0.2) is 13.2 Å². The second-order valence-corrected chi connectivity index (χ2v) is 6.47. The second-order valence-electron chi connectivity index (χ2n) is 4.24. The smallest absolute Gasteiger partial charge is 0.407 e. The zero-order chi connectivity index (χ0) is 11.5. The third-order valence-corrected chi connectivity index (χ3v) is 3.87. The number of carbonyl (C=O) groups excluding carboxylic acids is 1. The molecule has 1 rings (SSSR count). The predicted molar refractivity (Wildman–Crippen MR) is 56.4 cm³/mol. The Labute approximate surface area is 90.1 Å². The van der Waals surface area contributed by atoms with Crippen molar-refractivity contribution in [1.29, 1.82) is 0 Å². The van der Waals surface area contributed by atoms with Gasteiger partial charge in [0.25, 0.3) is 0 Å². The first-order valence-corrected chi connectivity index (χ1v) is 6.85. The van der Waals surface area contributed by atoms with E-state index in [-0.39, 0.29) is 23.5 Å². The number of ether oxygens (including phenoxy) is 1. The minimum atomic E-state index is -2.94. The summed E-state index contributed by atoms with van der Waals surface area (Å²) in [6, 6.07) is -0.283. The molecule has 0 unspecified atom stereocenters. The molecule has 0 aromatic heterocycles. The van der Waals surface area contributed by atoms with Gasteiger partial charge in [0.05, 0.1) is 18.1 Å². The van der Waals surface area contributed by atoms with Gasteiger partial charge in [-0.3, -0.25) is 0 Å². The fraction of sp³-hybridized carbons (Fsp3) is 0.889. The maximum absolute atomic E-state index is 11.2. The van der Waals surface area contributed by atoms with Gasteiger partial charge in [-0.05, 0) is 12.3 Å². The lowest BCUT2D eigenvalue weighted by Crippen LogP contribution is -2.36. The molecule has 1 fully saturated rings. The molecule has 0 radical (unpaired) electrons. The summed E-state index contributed by atoms with van der Waals surface area (Å²) in [6.45, 7) is 4.23. The lowest BCUT2D eigenvalue weighted by Gasteiger charge is -2.12. The molecule has 1 aliphatic heterocycles. The van der Waals surface area contributed by atoms with E-state index in [0.29, 0.717) is 13.0 Å². The number of amides is 1. The number of nitrogens with one attached hydrogen (secondary N) is 1. The summed E-state index contributed by atoms with van der Waals surface area (Å²) >= 11 is 0. The van der Waals surface area contributed by atoms with Crippen LogP contribution in [0.5, 0.6) is 0 Å². The van der Waals surface area contributed by atoms with E-state index >= 15 is 0 Å². The molecule has 1 aliphatic rings. The van der Waals surface area contributed by atoms with Crippen LogP contribution in [-0.4, -0.2) is 38.7 Å². The van der Waals surface area contributed by atoms with Gasteiger partial charge in [0.15, 0.2) is 9.84 Å². The first kappa shape index (κ1) is 12.3. The topological polar surface area (TPSA) is 72.5 Å². The third kappa shape index (κ3) is 4.51. The number of hydrogen-bond acceptors (Lipinski definition) is 4. The summed E-state index contributed by atoms with van der Waals surface area (Å²) in [6.07, 6.45) is -0.0372. The van der Waals surface area contributed by atoms with E-state index in [1.54, 1.807) is 0 Å². The molecule has 1 atom stereocenters. The van der Waals surface area contributed by atoms with Gasteiger partial charge in [0.1, 0.15) is 0 Å². The number of alkyl carbamates (subject to hydrolysis) is 1. The molecule has 0 bridgehead atoms. The van der Waals surface area contributed by atoms with Crippen LogP contribution in [0.4, 0.5) is 4.79 Å². The monoisotopic (exact) mass is 235 g/mol. The Hall–Kier alpha value is -0.780. The molecule has 6 heteroatoms. The van der Waals surface area contributed by atoms with Gasteiger partial charge in [-0.15, -0.1) is 0 Å². The third-order valence-electron chi connectivity index (χ3n) is 2.10. The van der Waals surface area contributed by atoms with Gasteiger partial charge < -0.3 is 10.1 Å². The second kappa shape index (κ2) is 4.83. The highest BCUT2D eigenvalue weighted by Gasteiger charge is 2.29. The van der Waals surface area contributed by atoms with Crippen LogP contribution in [0.25, 0.3) is 0 Å². The summed E-state index contributed by atoms with van der Waals surface area (Å²) in [4.78, 5) is 11.2. The maximum Gasteiger partial charge on any atom is 0.407 e. The summed E-state index contributed by atoms with van der Waals surface area (Å²) in [7, 11) is -2.94. The molecule has 0 aromatic rings. The van der Waals surface area contributed by atoms with Gasteiger partial charge in [0.2, 0.25) is 0 Å². The molecule has 1 N–H and O–H groups in total. The van der Waals surface area contributed by atoms with Crippen LogP contribution in [0.1, 0.15) is 20.3 Å². The molecule has 0 spiro atoms. The van der Waals surface area contributed by atoms with E-state index in [1.165, 1.54) is 0 Å². The van der Waals surface area contributed by atoms with Crippen molar-refractivity contribution < 1.29 is 17.9 Å². The molecule has 1 amide bonds. The number of hydrogen-bond donors (Lipinski definition) is 1. The summed E-state index contributed by atoms with van der Waals surface area (Å²) < 4.78 is 27.1. The summed E-state index contributed by atoms with van der Waals surface area (Å²) in [5.74, 6) is 0.467. The van der Waals surface area contributed by atoms with Crippen molar-refractivity contribution in [2.24, 2.45) is 5.92 Å². The van der Waals surface area contributed by atoms with Crippen molar-refractivity contribution in [3.8, 4) is 0 Å². The normalized spacial score (nSPS) is 24.1. The molecule has 0 aliphatic carbocycles. The van der Waals surface area contributed by atoms with Crippen LogP contribution < -0.4 is 5.32 Å². The Kier molecular flexibility index (Phi) is 3.96. The number of carbonyl (C=O) groups is 1. The predicted octanol–water partition coefficient (Wildman–Crippen LogP) is 0.556. The SMILES string of the molecule is CC(C)COC(=O)N[C@H]1CCS(=O)(=O)C1. The fourth-order valence-corrected chi connectivity index (χ4v) is 3.03. The quantitative estimate of drug-likeness (QED) is 0.775. The van der Waals surface area contributed by atoms with E-state index in [9.17, 15) is 13.2 Å². The Balaban J connectivity index is 2.28. The van der Waals surface area contributed by atoms with Crippen LogP contribution >= 0.6 is 0 Å². The molecule has 0 aromatic carbocycles. The highest BCUT2D eigenvalue weighted by Crippen LogP contribution is 2.11. The first-order chi connectivity index (χ1) is 6.89. The largest absolute Gasteiger partial charge is 0.449 e. The lowest BCUT2D eigenvalue weighted by molar-refractivity contribution is 0.130. The van der Waals surface area contributed by atoms with Gasteiger partial charge in [0, 0.05) is 6.04 Å². The first-order valence-electron chi connectivity index (χ1n) is 5.03. The summed E-state index contributed by atoms with van der Waals surface area (Å²) in [5, 5.41) is 2.55. The zero-order valence-electron chi connectivity index (χ0n) is 9.02. The van der Waals surface area contributed by atoms with E-state index in [4.69, 9.17) is 4.74 Å². The van der Waals surface area contributed by atoms with E-state index < -0.39 is 15.9 Å². The molecule has 88 valence electrons. The number of sulfone groups is 1. The molecular formula is C9H17NO4S. The molecule has 0 saturated carbocycles. The van der Waals surface area contributed by atoms with Gasteiger partial charge >= 0.3 is 6.09 Å². The van der Waals surface area contributed by atoms with Crippen LogP contribution in [-0.2, 0) is 14.6 Å². The average molecular weight is 235 g/mol. The molecular weight excluding hydrogens is 218 g/mol. The Morgan fingerprint density at radius 3 is 2.67 bits per heavy atom. The molecule has 5 nitrogen and oxygen atoms in total. The van der Waals surface area contributed by atoms with Crippen molar-refractivity contribution in [3.63, 3.8) is 0 Å². The van der Waals surface area contributed by atoms with Crippen molar-refractivity contribution in [2.75, 3.05) is 18.1 Å². The minimum absolute atomic E-state index is 0.0315. The van der Waals surface area contributed by atoms with E-state index in [0.717, 1.165) is 0 Å². The van der Waals surface area contributed by atoms with Crippen molar-refractivity contribution in [1.82, 2.24) is 5.32 Å². The van der Waals surface area contributed by atoms with Crippen molar-refractivity contribution in [3.05, 3.63) is 0 Å². The zero-order valence-corrected chi connectivity index (χ0v) is 9.84. The highest BCUT2D eigenvalue weighted by atomic mass is 32.2. The van der Waals surface area contributed by atoms with Crippen LogP contribution in [0.3, 0.4) is 0 Å². The Morgan fingerprint density at radius 2 is 2.20 bits per heavy atom. The van der Waals surface area contributed by atoms with Gasteiger partial charge in [-0.1, -0.05) is 13.8 Å². The standard InChI is InChI=1S/C9H17NO4S/c1-7(2)5-14-9(11)10-8-3-4-15(12,13)6-8/h7-8H,3-6H2,1-2H3,(H,10,11)/t8-/m0/s1. The van der Waals surface area contributed by atoms with Crippen molar-refractivity contribution in [2.45, 2.75) is 26.3 Å². The molecule has 15 heavy (non-hydrogen) atoms. The lowest BCUT2D eigenvalue weighted by atomic mass is 10.2. The van der Waals surface area contributed by atoms with Crippen molar-refractivity contribution >= 4 is 15.9 Å². The minimum Gasteiger partial charge on any atom is -0.449 e. The summed E-state index contributed by atoms with van der Waals surface area (Å²) in [5.41, 5.74) is 0. The Bertz CT molecular complexity index is 323. The van der Waals surface area contributed by atoms with Gasteiger partial charge in [-0.2, -0.15) is 0 Å². The average Bonchev–Trinajstić information content (AvgIpc) is 2.42. The highest BCUT2D eigenvalue weighted by molar-refractivity contribution is 7.91. The molecule has 1 heterocycles. The maximum atomic E-state index is 11.2. The van der Waals surface area contributed by atoms with E-state index in [2.05, 4.69) is 5.32 Å². The fourth-order valence-electron chi connectivity index (χ4n) is 1.36. The molecule has 1 saturated heterocycles.